The standard InChI is InChI=1S/C7H11BrN2O/c1-7(2,3)6-9-5(4-8)10-11-6/h4H2,1-3H3. The minimum absolute atomic E-state index is 0.0482. The first-order valence-corrected chi connectivity index (χ1v) is 4.55. The van der Waals surface area contributed by atoms with Crippen molar-refractivity contribution in [2.45, 2.75) is 31.5 Å². The summed E-state index contributed by atoms with van der Waals surface area (Å²) in [5.74, 6) is 1.39. The Morgan fingerprint density at radius 3 is 2.36 bits per heavy atom. The predicted octanol–water partition coefficient (Wildman–Crippen LogP) is 2.26. The lowest BCUT2D eigenvalue weighted by atomic mass is 9.97. The Morgan fingerprint density at radius 2 is 2.09 bits per heavy atom. The summed E-state index contributed by atoms with van der Waals surface area (Å²) in [6.07, 6.45) is 0. The molecule has 1 heterocycles. The van der Waals surface area contributed by atoms with Crippen LogP contribution < -0.4 is 0 Å². The van der Waals surface area contributed by atoms with E-state index >= 15 is 0 Å². The fraction of sp³-hybridized carbons (Fsp3) is 0.714. The molecule has 1 aromatic heterocycles. The van der Waals surface area contributed by atoms with E-state index in [4.69, 9.17) is 4.52 Å². The molecule has 0 bridgehead atoms. The summed E-state index contributed by atoms with van der Waals surface area (Å²) in [7, 11) is 0. The van der Waals surface area contributed by atoms with Crippen molar-refractivity contribution in [2.24, 2.45) is 0 Å². The van der Waals surface area contributed by atoms with E-state index in [2.05, 4.69) is 26.1 Å². The second-order valence-electron chi connectivity index (χ2n) is 3.40. The molecule has 62 valence electrons. The topological polar surface area (TPSA) is 38.9 Å². The molecule has 0 unspecified atom stereocenters. The molecule has 0 fully saturated rings. The largest absolute Gasteiger partial charge is 0.339 e. The van der Waals surface area contributed by atoms with Crippen LogP contribution in [0.4, 0.5) is 0 Å². The van der Waals surface area contributed by atoms with E-state index in [1.165, 1.54) is 0 Å². The van der Waals surface area contributed by atoms with Gasteiger partial charge in [0, 0.05) is 5.41 Å². The monoisotopic (exact) mass is 218 g/mol. The van der Waals surface area contributed by atoms with E-state index in [1.807, 2.05) is 20.8 Å². The highest BCUT2D eigenvalue weighted by Gasteiger charge is 2.21. The number of halogens is 1. The van der Waals surface area contributed by atoms with Crippen molar-refractivity contribution in [3.63, 3.8) is 0 Å². The van der Waals surface area contributed by atoms with Gasteiger partial charge in [-0.1, -0.05) is 41.9 Å². The molecule has 0 amide bonds. The molecule has 0 spiro atoms. The fourth-order valence-electron chi connectivity index (χ4n) is 0.613. The quantitative estimate of drug-likeness (QED) is 0.680. The third kappa shape index (κ3) is 2.02. The van der Waals surface area contributed by atoms with E-state index in [1.54, 1.807) is 0 Å². The lowest BCUT2D eigenvalue weighted by molar-refractivity contribution is 0.319. The van der Waals surface area contributed by atoms with Gasteiger partial charge in [-0.2, -0.15) is 4.98 Å². The molecule has 1 rings (SSSR count). The van der Waals surface area contributed by atoms with E-state index in [0.29, 0.717) is 17.0 Å². The van der Waals surface area contributed by atoms with Gasteiger partial charge in [-0.05, 0) is 0 Å². The van der Waals surface area contributed by atoms with Crippen LogP contribution in [0.25, 0.3) is 0 Å². The molecule has 0 aromatic carbocycles. The molecule has 4 heteroatoms. The zero-order valence-corrected chi connectivity index (χ0v) is 8.47. The molecule has 0 saturated heterocycles. The molecule has 0 saturated carbocycles. The van der Waals surface area contributed by atoms with Gasteiger partial charge < -0.3 is 4.52 Å². The third-order valence-electron chi connectivity index (χ3n) is 1.23. The number of rotatable bonds is 1. The van der Waals surface area contributed by atoms with Gasteiger partial charge >= 0.3 is 0 Å². The normalized spacial score (nSPS) is 12.0. The summed E-state index contributed by atoms with van der Waals surface area (Å²) in [6, 6.07) is 0. The summed E-state index contributed by atoms with van der Waals surface area (Å²) < 4.78 is 5.03. The zero-order chi connectivity index (χ0) is 8.48. The summed E-state index contributed by atoms with van der Waals surface area (Å²) in [5, 5.41) is 4.41. The van der Waals surface area contributed by atoms with Crippen molar-refractivity contribution in [2.75, 3.05) is 0 Å². The Labute approximate surface area is 74.3 Å². The Morgan fingerprint density at radius 1 is 1.45 bits per heavy atom. The third-order valence-corrected chi connectivity index (χ3v) is 1.73. The number of hydrogen-bond donors (Lipinski definition) is 0. The van der Waals surface area contributed by atoms with Crippen LogP contribution in [-0.4, -0.2) is 10.1 Å². The number of hydrogen-bond acceptors (Lipinski definition) is 3. The van der Waals surface area contributed by atoms with E-state index in [-0.39, 0.29) is 5.41 Å². The van der Waals surface area contributed by atoms with Gasteiger partial charge in [0.15, 0.2) is 5.82 Å². The maximum Gasteiger partial charge on any atom is 0.232 e. The van der Waals surface area contributed by atoms with Crippen molar-refractivity contribution in [1.29, 1.82) is 0 Å². The average molecular weight is 219 g/mol. The number of aromatic nitrogens is 2. The van der Waals surface area contributed by atoms with Crippen LogP contribution in [0.15, 0.2) is 4.52 Å². The summed E-state index contributed by atoms with van der Waals surface area (Å²) in [6.45, 7) is 6.12. The van der Waals surface area contributed by atoms with Crippen molar-refractivity contribution in [3.05, 3.63) is 11.7 Å². The van der Waals surface area contributed by atoms with E-state index in [9.17, 15) is 0 Å². The first-order chi connectivity index (χ1) is 5.04. The van der Waals surface area contributed by atoms with Crippen molar-refractivity contribution < 1.29 is 4.52 Å². The van der Waals surface area contributed by atoms with Crippen LogP contribution in [0.3, 0.4) is 0 Å². The minimum Gasteiger partial charge on any atom is -0.339 e. The molecular formula is C7H11BrN2O. The Hall–Kier alpha value is -0.380. The Balaban J connectivity index is 2.89. The average Bonchev–Trinajstić information content (AvgIpc) is 2.32. The van der Waals surface area contributed by atoms with Crippen LogP contribution in [0.5, 0.6) is 0 Å². The second kappa shape index (κ2) is 2.93. The Kier molecular flexibility index (Phi) is 2.32. The minimum atomic E-state index is -0.0482. The first kappa shape index (κ1) is 8.71. The number of alkyl halides is 1. The maximum atomic E-state index is 5.03. The van der Waals surface area contributed by atoms with Crippen molar-refractivity contribution in [3.8, 4) is 0 Å². The van der Waals surface area contributed by atoms with Gasteiger partial charge in [0.1, 0.15) is 0 Å². The summed E-state index contributed by atoms with van der Waals surface area (Å²) in [4.78, 5) is 4.18. The van der Waals surface area contributed by atoms with E-state index in [0.717, 1.165) is 0 Å². The van der Waals surface area contributed by atoms with Crippen LogP contribution in [0.2, 0.25) is 0 Å². The molecule has 0 radical (unpaired) electrons. The van der Waals surface area contributed by atoms with Crippen LogP contribution in [-0.2, 0) is 10.7 Å². The molecule has 0 atom stereocenters. The highest BCUT2D eigenvalue weighted by molar-refractivity contribution is 9.08. The van der Waals surface area contributed by atoms with Gasteiger partial charge in [-0.25, -0.2) is 0 Å². The molecule has 0 aliphatic heterocycles. The summed E-state index contributed by atoms with van der Waals surface area (Å²) >= 11 is 3.25. The SMILES string of the molecule is CC(C)(C)c1nc(CBr)no1. The van der Waals surface area contributed by atoms with Gasteiger partial charge in [0.2, 0.25) is 5.89 Å². The number of nitrogens with zero attached hydrogens (tertiary/aromatic N) is 2. The van der Waals surface area contributed by atoms with Crippen LogP contribution >= 0.6 is 15.9 Å². The molecule has 0 aliphatic rings. The lowest BCUT2D eigenvalue weighted by Crippen LogP contribution is -2.11. The van der Waals surface area contributed by atoms with E-state index < -0.39 is 0 Å². The first-order valence-electron chi connectivity index (χ1n) is 3.43. The molecule has 0 N–H and O–H groups in total. The Bertz CT molecular complexity index is 239. The second-order valence-corrected chi connectivity index (χ2v) is 3.96. The summed E-state index contributed by atoms with van der Waals surface area (Å²) in [5.41, 5.74) is -0.0482. The zero-order valence-electron chi connectivity index (χ0n) is 6.89. The highest BCUT2D eigenvalue weighted by Crippen LogP contribution is 2.19. The van der Waals surface area contributed by atoms with Gasteiger partial charge in [-0.3, -0.25) is 0 Å². The fourth-order valence-corrected chi connectivity index (χ4v) is 0.841. The van der Waals surface area contributed by atoms with Gasteiger partial charge in [-0.15, -0.1) is 0 Å². The molecule has 3 nitrogen and oxygen atoms in total. The van der Waals surface area contributed by atoms with Crippen molar-refractivity contribution >= 4 is 15.9 Å². The van der Waals surface area contributed by atoms with Gasteiger partial charge in [0.05, 0.1) is 5.33 Å². The molecule has 0 aliphatic carbocycles. The maximum absolute atomic E-state index is 5.03. The molecule has 11 heavy (non-hydrogen) atoms. The lowest BCUT2D eigenvalue weighted by Gasteiger charge is -2.10. The highest BCUT2D eigenvalue weighted by atomic mass is 79.9. The van der Waals surface area contributed by atoms with Crippen molar-refractivity contribution in [1.82, 2.24) is 10.1 Å². The predicted molar refractivity (Wildman–Crippen MR) is 45.6 cm³/mol. The smallest absolute Gasteiger partial charge is 0.232 e. The molecular weight excluding hydrogens is 208 g/mol. The molecule has 1 aromatic rings. The van der Waals surface area contributed by atoms with Crippen LogP contribution in [0.1, 0.15) is 32.5 Å². The van der Waals surface area contributed by atoms with Crippen LogP contribution in [0, 0.1) is 0 Å². The van der Waals surface area contributed by atoms with Gasteiger partial charge in [0.25, 0.3) is 0 Å².